The number of hydrogen-bond acceptors (Lipinski definition) is 2. The number of halogens is 5. The van der Waals surface area contributed by atoms with E-state index in [-0.39, 0.29) is 10.7 Å². The maximum absolute atomic E-state index is 12.8. The fourth-order valence-electron chi connectivity index (χ4n) is 1.39. The molecule has 1 heterocycles. The minimum atomic E-state index is -4.28. The number of nitrogens with one attached hydrogen (secondary N) is 1. The maximum atomic E-state index is 12.8. The van der Waals surface area contributed by atoms with Crippen LogP contribution in [0.4, 0.5) is 17.6 Å². The van der Waals surface area contributed by atoms with E-state index in [1.807, 2.05) is 20.8 Å². The predicted molar refractivity (Wildman–Crippen MR) is 71.2 cm³/mol. The Hall–Kier alpha value is -1.37. The highest BCUT2D eigenvalue weighted by Gasteiger charge is 2.40. The molecule has 1 amide bonds. The molecule has 21 heavy (non-hydrogen) atoms. The summed E-state index contributed by atoms with van der Waals surface area (Å²) in [7, 11) is 0. The number of amides is 1. The van der Waals surface area contributed by atoms with Gasteiger partial charge in [-0.05, 0) is 12.1 Å². The number of pyridine rings is 1. The van der Waals surface area contributed by atoms with Gasteiger partial charge in [0.2, 0.25) is 0 Å². The van der Waals surface area contributed by atoms with Crippen molar-refractivity contribution in [1.82, 2.24) is 10.3 Å². The van der Waals surface area contributed by atoms with Crippen LogP contribution in [0.2, 0.25) is 5.15 Å². The number of carbonyl (C=O) groups is 1. The Bertz CT molecular complexity index is 529. The SMILES string of the molecule is CC(C)(C)c1cc(C(=O)NCC(F)(F)C(F)F)cc(Cl)n1. The number of nitrogens with zero attached hydrogens (tertiary/aromatic N) is 1. The van der Waals surface area contributed by atoms with Crippen LogP contribution in [0.1, 0.15) is 36.8 Å². The van der Waals surface area contributed by atoms with E-state index in [9.17, 15) is 22.4 Å². The lowest BCUT2D eigenvalue weighted by atomic mass is 9.91. The summed E-state index contributed by atoms with van der Waals surface area (Å²) < 4.78 is 49.6. The van der Waals surface area contributed by atoms with Crippen LogP contribution < -0.4 is 5.32 Å². The second-order valence-corrected chi connectivity index (χ2v) is 5.95. The highest BCUT2D eigenvalue weighted by molar-refractivity contribution is 6.29. The van der Waals surface area contributed by atoms with Gasteiger partial charge in [-0.15, -0.1) is 0 Å². The van der Waals surface area contributed by atoms with Crippen molar-refractivity contribution in [3.05, 3.63) is 28.5 Å². The third-order valence-corrected chi connectivity index (χ3v) is 2.82. The third kappa shape index (κ3) is 4.84. The lowest BCUT2D eigenvalue weighted by Crippen LogP contribution is -2.41. The van der Waals surface area contributed by atoms with Gasteiger partial charge in [0, 0.05) is 16.7 Å². The van der Waals surface area contributed by atoms with Crippen molar-refractivity contribution in [3.8, 4) is 0 Å². The molecule has 0 saturated heterocycles. The highest BCUT2D eigenvalue weighted by Crippen LogP contribution is 2.24. The van der Waals surface area contributed by atoms with Crippen LogP contribution in [0.25, 0.3) is 0 Å². The van der Waals surface area contributed by atoms with E-state index in [1.54, 1.807) is 5.32 Å². The summed E-state index contributed by atoms with van der Waals surface area (Å²) >= 11 is 5.78. The number of rotatable bonds is 4. The molecule has 0 fully saturated rings. The Morgan fingerprint density at radius 1 is 1.33 bits per heavy atom. The summed E-state index contributed by atoms with van der Waals surface area (Å²) in [5.74, 6) is -5.19. The first-order valence-electron chi connectivity index (χ1n) is 6.06. The zero-order valence-corrected chi connectivity index (χ0v) is 12.4. The van der Waals surface area contributed by atoms with E-state index in [4.69, 9.17) is 11.6 Å². The topological polar surface area (TPSA) is 42.0 Å². The van der Waals surface area contributed by atoms with Crippen LogP contribution in [0.5, 0.6) is 0 Å². The number of alkyl halides is 4. The molecule has 1 aromatic heterocycles. The standard InChI is InChI=1S/C13H15ClF4N2O/c1-12(2,3)8-4-7(5-9(14)20-8)10(21)19-6-13(17,18)11(15)16/h4-5,11H,6H2,1-3H3,(H,19,21). The molecule has 0 aliphatic heterocycles. The molecule has 0 aliphatic rings. The lowest BCUT2D eigenvalue weighted by Gasteiger charge is -2.19. The minimum absolute atomic E-state index is 0.00927. The first-order chi connectivity index (χ1) is 9.43. The fraction of sp³-hybridized carbons (Fsp3) is 0.538. The Morgan fingerprint density at radius 3 is 2.38 bits per heavy atom. The van der Waals surface area contributed by atoms with E-state index in [1.165, 1.54) is 12.1 Å². The first-order valence-corrected chi connectivity index (χ1v) is 6.43. The maximum Gasteiger partial charge on any atom is 0.324 e. The van der Waals surface area contributed by atoms with Gasteiger partial charge >= 0.3 is 12.3 Å². The molecular weight excluding hydrogens is 312 g/mol. The van der Waals surface area contributed by atoms with Gasteiger partial charge in [-0.2, -0.15) is 8.78 Å². The average Bonchev–Trinajstić information content (AvgIpc) is 2.34. The zero-order chi connectivity index (χ0) is 16.4. The molecule has 1 aromatic rings. The lowest BCUT2D eigenvalue weighted by molar-refractivity contribution is -0.123. The van der Waals surface area contributed by atoms with E-state index in [0.717, 1.165) is 0 Å². The van der Waals surface area contributed by atoms with Crippen molar-refractivity contribution in [2.45, 2.75) is 38.5 Å². The predicted octanol–water partition coefficient (Wildman–Crippen LogP) is 3.66. The van der Waals surface area contributed by atoms with Gasteiger partial charge in [0.05, 0.1) is 6.54 Å². The van der Waals surface area contributed by atoms with Crippen LogP contribution in [0.15, 0.2) is 12.1 Å². The monoisotopic (exact) mass is 326 g/mol. The average molecular weight is 327 g/mol. The molecule has 1 N–H and O–H groups in total. The molecular formula is C13H15ClF4N2O. The summed E-state index contributed by atoms with van der Waals surface area (Å²) in [6, 6.07) is 2.58. The molecule has 0 saturated carbocycles. The molecule has 3 nitrogen and oxygen atoms in total. The van der Waals surface area contributed by atoms with Crippen molar-refractivity contribution in [3.63, 3.8) is 0 Å². The van der Waals surface area contributed by atoms with Crippen molar-refractivity contribution >= 4 is 17.5 Å². The van der Waals surface area contributed by atoms with Crippen LogP contribution in [-0.4, -0.2) is 29.8 Å². The second-order valence-electron chi connectivity index (χ2n) is 5.56. The normalized spacial score (nSPS) is 12.6. The van der Waals surface area contributed by atoms with Crippen molar-refractivity contribution in [2.75, 3.05) is 6.54 Å². The van der Waals surface area contributed by atoms with Gasteiger partial charge in [0.1, 0.15) is 5.15 Å². The van der Waals surface area contributed by atoms with Crippen LogP contribution in [0, 0.1) is 0 Å². The van der Waals surface area contributed by atoms with Gasteiger partial charge in [-0.1, -0.05) is 32.4 Å². The molecule has 0 bridgehead atoms. The van der Waals surface area contributed by atoms with Crippen molar-refractivity contribution in [2.24, 2.45) is 0 Å². The molecule has 118 valence electrons. The Balaban J connectivity index is 2.91. The Kier molecular flexibility index (Phi) is 5.20. The zero-order valence-electron chi connectivity index (χ0n) is 11.7. The van der Waals surface area contributed by atoms with Crippen LogP contribution in [-0.2, 0) is 5.41 Å². The Morgan fingerprint density at radius 2 is 1.90 bits per heavy atom. The van der Waals surface area contributed by atoms with Gasteiger partial charge in [-0.3, -0.25) is 4.79 Å². The van der Waals surface area contributed by atoms with Gasteiger partial charge in [-0.25, -0.2) is 13.8 Å². The molecule has 0 atom stereocenters. The number of aromatic nitrogens is 1. The fourth-order valence-corrected chi connectivity index (χ4v) is 1.60. The summed E-state index contributed by atoms with van der Waals surface area (Å²) in [6.07, 6.45) is -3.84. The highest BCUT2D eigenvalue weighted by atomic mass is 35.5. The molecule has 0 radical (unpaired) electrons. The Labute approximate surface area is 124 Å². The number of hydrogen-bond donors (Lipinski definition) is 1. The number of carbonyl (C=O) groups excluding carboxylic acids is 1. The molecule has 0 aliphatic carbocycles. The first kappa shape index (κ1) is 17.7. The van der Waals surface area contributed by atoms with Gasteiger partial charge < -0.3 is 5.32 Å². The van der Waals surface area contributed by atoms with Crippen LogP contribution >= 0.6 is 11.6 Å². The smallest absolute Gasteiger partial charge is 0.324 e. The summed E-state index contributed by atoms with van der Waals surface area (Å²) in [5, 5.41) is 1.79. The third-order valence-electron chi connectivity index (χ3n) is 2.63. The quantitative estimate of drug-likeness (QED) is 0.677. The molecule has 1 rings (SSSR count). The largest absolute Gasteiger partial charge is 0.346 e. The van der Waals surface area contributed by atoms with Gasteiger partial charge in [0.15, 0.2) is 0 Å². The summed E-state index contributed by atoms with van der Waals surface area (Å²) in [4.78, 5) is 15.8. The van der Waals surface area contributed by atoms with E-state index in [0.29, 0.717) is 5.69 Å². The summed E-state index contributed by atoms with van der Waals surface area (Å²) in [5.41, 5.74) is 0.0677. The second kappa shape index (κ2) is 6.17. The molecule has 0 spiro atoms. The molecule has 0 aromatic carbocycles. The van der Waals surface area contributed by atoms with Crippen molar-refractivity contribution < 1.29 is 22.4 Å². The van der Waals surface area contributed by atoms with Gasteiger partial charge in [0.25, 0.3) is 5.91 Å². The van der Waals surface area contributed by atoms with Crippen molar-refractivity contribution in [1.29, 1.82) is 0 Å². The van der Waals surface area contributed by atoms with Crippen LogP contribution in [0.3, 0.4) is 0 Å². The molecule has 8 heteroatoms. The molecule has 0 unspecified atom stereocenters. The van der Waals surface area contributed by atoms with E-state index in [2.05, 4.69) is 4.98 Å². The summed E-state index contributed by atoms with van der Waals surface area (Å²) in [6.45, 7) is 4.04. The minimum Gasteiger partial charge on any atom is -0.346 e. The van der Waals surface area contributed by atoms with E-state index < -0.39 is 30.2 Å². The van der Waals surface area contributed by atoms with E-state index >= 15 is 0 Å².